The van der Waals surface area contributed by atoms with Crippen LogP contribution in [0.4, 0.5) is 0 Å². The quantitative estimate of drug-likeness (QED) is 0.633. The lowest BCUT2D eigenvalue weighted by Gasteiger charge is -2.54. The Morgan fingerprint density at radius 3 is 1.48 bits per heavy atom. The predicted octanol–water partition coefficient (Wildman–Crippen LogP) is 3.32. The molecule has 0 aromatic rings. The van der Waals surface area contributed by atoms with E-state index in [-0.39, 0.29) is 54.0 Å². The predicted molar refractivity (Wildman–Crippen MR) is 122 cm³/mol. The Kier molecular flexibility index (Phi) is 8.62. The van der Waals surface area contributed by atoms with Crippen LogP contribution in [0.3, 0.4) is 0 Å². The van der Waals surface area contributed by atoms with E-state index < -0.39 is 0 Å². The van der Waals surface area contributed by atoms with E-state index >= 15 is 0 Å². The van der Waals surface area contributed by atoms with Crippen molar-refractivity contribution in [1.82, 2.24) is 14.7 Å². The Balaban J connectivity index is 0.000000370. The lowest BCUT2D eigenvalue weighted by atomic mass is 9.74. The van der Waals surface area contributed by atoms with Gasteiger partial charge < -0.3 is 0 Å². The molecule has 0 saturated carbocycles. The summed E-state index contributed by atoms with van der Waals surface area (Å²) in [7, 11) is 2.17. The minimum Gasteiger partial charge on any atom is -0.296 e. The number of likely N-dealkylation sites (tertiary alicyclic amines) is 3. The summed E-state index contributed by atoms with van der Waals surface area (Å²) < 4.78 is 0. The zero-order valence-electron chi connectivity index (χ0n) is 19.9. The molecule has 7 heteroatoms. The van der Waals surface area contributed by atoms with Crippen LogP contribution in [-0.4, -0.2) is 69.5 Å². The first kappa shape index (κ1) is 27.3. The molecule has 31 heavy (non-hydrogen) atoms. The van der Waals surface area contributed by atoms with Crippen LogP contribution in [-0.2, 0) is 19.2 Å². The highest BCUT2D eigenvalue weighted by Gasteiger charge is 2.45. The van der Waals surface area contributed by atoms with Gasteiger partial charge in [0.15, 0.2) is 0 Å². The smallest absolute Gasteiger partial charge is 0.232 e. The molecule has 0 bridgehead atoms. The van der Waals surface area contributed by atoms with Crippen LogP contribution < -0.4 is 0 Å². The second kappa shape index (κ2) is 9.80. The molecule has 0 spiro atoms. The molecule has 4 amide bonds. The summed E-state index contributed by atoms with van der Waals surface area (Å²) >= 11 is 0. The number of piperidine rings is 1. The largest absolute Gasteiger partial charge is 0.296 e. The standard InChI is InChI=1S/C16H28N2O2.C7H11NO2.CH4/c1-11-7-13(19)18(14(11)20)10-12-8-15(2,3)17(6)16(4,5)9-12;1-3-8-6(9)4-5(2)7(8)10;/h11-12H,7-10H2,1-6H3;5H,3-4H2,1-2H3;1H4. The van der Waals surface area contributed by atoms with Crippen molar-refractivity contribution in [2.24, 2.45) is 17.8 Å². The molecule has 178 valence electrons. The average molecular weight is 438 g/mol. The van der Waals surface area contributed by atoms with E-state index in [1.165, 1.54) is 9.80 Å². The van der Waals surface area contributed by atoms with Crippen molar-refractivity contribution < 1.29 is 19.2 Å². The van der Waals surface area contributed by atoms with Gasteiger partial charge in [-0.15, -0.1) is 0 Å². The molecule has 0 aliphatic carbocycles. The van der Waals surface area contributed by atoms with Gasteiger partial charge in [0.2, 0.25) is 23.6 Å². The van der Waals surface area contributed by atoms with Crippen molar-refractivity contribution in [2.75, 3.05) is 20.1 Å². The Morgan fingerprint density at radius 1 is 0.806 bits per heavy atom. The average Bonchev–Trinajstić information content (AvgIpc) is 3.01. The lowest BCUT2D eigenvalue weighted by molar-refractivity contribution is -0.142. The van der Waals surface area contributed by atoms with Crippen molar-refractivity contribution in [3.05, 3.63) is 0 Å². The van der Waals surface area contributed by atoms with Crippen LogP contribution in [0.1, 0.15) is 81.6 Å². The number of nitrogens with zero attached hydrogens (tertiary/aromatic N) is 3. The van der Waals surface area contributed by atoms with Gasteiger partial charge in [-0.1, -0.05) is 21.3 Å². The third kappa shape index (κ3) is 5.73. The highest BCUT2D eigenvalue weighted by atomic mass is 16.2. The molecule has 3 fully saturated rings. The summed E-state index contributed by atoms with van der Waals surface area (Å²) in [5, 5.41) is 0. The van der Waals surface area contributed by atoms with E-state index in [9.17, 15) is 19.2 Å². The Hall–Kier alpha value is -1.76. The summed E-state index contributed by atoms with van der Waals surface area (Å²) in [6.45, 7) is 15.6. The fourth-order valence-electron chi connectivity index (χ4n) is 5.19. The van der Waals surface area contributed by atoms with E-state index in [4.69, 9.17) is 0 Å². The van der Waals surface area contributed by atoms with Gasteiger partial charge in [-0.25, -0.2) is 0 Å². The number of hydrogen-bond donors (Lipinski definition) is 0. The van der Waals surface area contributed by atoms with E-state index in [0.717, 1.165) is 12.8 Å². The number of imide groups is 2. The fraction of sp³-hybridized carbons (Fsp3) is 0.833. The van der Waals surface area contributed by atoms with Crippen LogP contribution in [0.5, 0.6) is 0 Å². The minimum absolute atomic E-state index is 0. The van der Waals surface area contributed by atoms with E-state index in [2.05, 4.69) is 39.6 Å². The maximum atomic E-state index is 12.1. The molecule has 2 atom stereocenters. The topological polar surface area (TPSA) is 78.0 Å². The molecule has 3 rings (SSSR count). The summed E-state index contributed by atoms with van der Waals surface area (Å²) in [6, 6.07) is 0. The van der Waals surface area contributed by atoms with Crippen LogP contribution in [0.15, 0.2) is 0 Å². The summed E-state index contributed by atoms with van der Waals surface area (Å²) in [5.41, 5.74) is 0.202. The van der Waals surface area contributed by atoms with Gasteiger partial charge in [-0.2, -0.15) is 0 Å². The summed E-state index contributed by atoms with van der Waals surface area (Å²) in [4.78, 5) is 51.2. The molecular formula is C24H43N3O4. The number of carbonyl (C=O) groups excluding carboxylic acids is 4. The van der Waals surface area contributed by atoms with Crippen LogP contribution in [0, 0.1) is 17.8 Å². The normalized spacial score (nSPS) is 28.5. The number of carbonyl (C=O) groups is 4. The first-order valence-electron chi connectivity index (χ1n) is 11.1. The van der Waals surface area contributed by atoms with Crippen molar-refractivity contribution in [3.63, 3.8) is 0 Å². The number of hydrogen-bond acceptors (Lipinski definition) is 5. The maximum absolute atomic E-state index is 12.1. The first-order valence-corrected chi connectivity index (χ1v) is 11.1. The molecule has 7 nitrogen and oxygen atoms in total. The van der Waals surface area contributed by atoms with Gasteiger partial charge in [-0.05, 0) is 60.4 Å². The van der Waals surface area contributed by atoms with Gasteiger partial charge >= 0.3 is 0 Å². The van der Waals surface area contributed by atoms with E-state index in [1.807, 2.05) is 13.8 Å². The number of rotatable bonds is 3. The SMILES string of the molecule is C.CC1CC(=O)N(CC2CC(C)(C)N(C)C(C)(C)C2)C1=O.CCN1C(=O)CC(C)C1=O. The van der Waals surface area contributed by atoms with Crippen molar-refractivity contribution in [1.29, 1.82) is 0 Å². The van der Waals surface area contributed by atoms with Crippen molar-refractivity contribution >= 4 is 23.6 Å². The van der Waals surface area contributed by atoms with E-state index in [1.54, 1.807) is 6.92 Å². The molecule has 0 aromatic heterocycles. The molecule has 0 N–H and O–H groups in total. The van der Waals surface area contributed by atoms with Gasteiger partial charge in [0.1, 0.15) is 0 Å². The molecular weight excluding hydrogens is 394 g/mol. The summed E-state index contributed by atoms with van der Waals surface area (Å²) in [6.07, 6.45) is 2.83. The third-order valence-electron chi connectivity index (χ3n) is 7.09. The van der Waals surface area contributed by atoms with Gasteiger partial charge in [0.25, 0.3) is 0 Å². The van der Waals surface area contributed by atoms with E-state index in [0.29, 0.717) is 31.8 Å². The fourth-order valence-corrected chi connectivity index (χ4v) is 5.19. The highest BCUT2D eigenvalue weighted by Crippen LogP contribution is 2.40. The second-order valence-corrected chi connectivity index (χ2v) is 10.5. The zero-order valence-corrected chi connectivity index (χ0v) is 19.9. The Bertz CT molecular complexity index is 698. The Labute approximate surface area is 188 Å². The third-order valence-corrected chi connectivity index (χ3v) is 7.09. The van der Waals surface area contributed by atoms with Crippen LogP contribution in [0.25, 0.3) is 0 Å². The molecule has 0 radical (unpaired) electrons. The molecule has 3 aliphatic heterocycles. The van der Waals surface area contributed by atoms with Gasteiger partial charge in [0.05, 0.1) is 0 Å². The van der Waals surface area contributed by atoms with Crippen molar-refractivity contribution in [2.45, 2.75) is 92.7 Å². The monoisotopic (exact) mass is 437 g/mol. The first-order chi connectivity index (χ1) is 13.7. The van der Waals surface area contributed by atoms with Gasteiger partial charge in [-0.3, -0.25) is 33.9 Å². The maximum Gasteiger partial charge on any atom is 0.232 e. The van der Waals surface area contributed by atoms with Gasteiger partial charge in [0, 0.05) is 48.8 Å². The van der Waals surface area contributed by atoms with Crippen molar-refractivity contribution in [3.8, 4) is 0 Å². The molecule has 3 saturated heterocycles. The molecule has 3 heterocycles. The second-order valence-electron chi connectivity index (χ2n) is 10.5. The lowest BCUT2D eigenvalue weighted by Crippen LogP contribution is -2.59. The number of amides is 4. The molecule has 3 aliphatic rings. The molecule has 0 aromatic carbocycles. The molecule has 2 unspecified atom stereocenters. The van der Waals surface area contributed by atoms with Crippen LogP contribution in [0.2, 0.25) is 0 Å². The highest BCUT2D eigenvalue weighted by molar-refractivity contribution is 6.03. The zero-order chi connectivity index (χ0) is 23.0. The Morgan fingerprint density at radius 2 is 1.19 bits per heavy atom. The summed E-state index contributed by atoms with van der Waals surface area (Å²) in [5.74, 6) is 0.158. The minimum atomic E-state index is -0.130. The van der Waals surface area contributed by atoms with Crippen LogP contribution >= 0.6 is 0 Å².